The number of nitrogens with zero attached hydrogens (tertiary/aromatic N) is 1. The largest absolute Gasteiger partial charge is 0.465 e. The summed E-state index contributed by atoms with van der Waals surface area (Å²) < 4.78 is 7.24. The molecule has 0 spiro atoms. The number of ether oxygens (including phenoxy) is 1. The number of fused-ring (bicyclic) bond motifs is 3. The van der Waals surface area contributed by atoms with Crippen LogP contribution in [0.4, 0.5) is 0 Å². The Morgan fingerprint density at radius 2 is 1.72 bits per heavy atom. The zero-order valence-electron chi connectivity index (χ0n) is 18.3. The molecule has 4 heteroatoms. The Hall–Kier alpha value is -3.66. The summed E-state index contributed by atoms with van der Waals surface area (Å²) in [5.74, 6) is -0.0276. The minimum absolute atomic E-state index is 0.108. The summed E-state index contributed by atoms with van der Waals surface area (Å²) in [6.45, 7) is 2.75. The van der Waals surface area contributed by atoms with E-state index in [0.717, 1.165) is 34.1 Å². The van der Waals surface area contributed by atoms with Crippen molar-refractivity contribution in [2.24, 2.45) is 5.92 Å². The average Bonchev–Trinajstić information content (AvgIpc) is 3.13. The SMILES string of the molecule is COC(=O)c1cccc2c1c1c(n2Cc2cccc(-c3ccccc3)c2)CC(C)CC1=O. The number of carbonyl (C=O) groups is 2. The van der Waals surface area contributed by atoms with E-state index in [0.29, 0.717) is 24.1 Å². The predicted molar refractivity (Wildman–Crippen MR) is 126 cm³/mol. The van der Waals surface area contributed by atoms with Crippen LogP contribution < -0.4 is 0 Å². The molecular weight excluding hydrogens is 398 g/mol. The van der Waals surface area contributed by atoms with Crippen molar-refractivity contribution in [2.45, 2.75) is 26.3 Å². The first-order valence-corrected chi connectivity index (χ1v) is 11.0. The van der Waals surface area contributed by atoms with Gasteiger partial charge in [-0.2, -0.15) is 0 Å². The van der Waals surface area contributed by atoms with Crippen LogP contribution in [0.3, 0.4) is 0 Å². The molecule has 1 atom stereocenters. The maximum absolute atomic E-state index is 13.1. The summed E-state index contributed by atoms with van der Waals surface area (Å²) >= 11 is 0. The summed E-state index contributed by atoms with van der Waals surface area (Å²) in [6, 6.07) is 24.4. The maximum atomic E-state index is 13.1. The van der Waals surface area contributed by atoms with E-state index in [9.17, 15) is 9.59 Å². The standard InChI is InChI=1S/C28H25NO3/c1-18-14-24-27(25(30)15-18)26-22(28(31)32-2)12-7-13-23(26)29(24)17-19-8-6-11-21(16-19)20-9-4-3-5-10-20/h3-13,16,18H,14-15,17H2,1-2H3. The van der Waals surface area contributed by atoms with Gasteiger partial charge in [0.15, 0.2) is 5.78 Å². The molecule has 3 aromatic carbocycles. The first-order chi connectivity index (χ1) is 15.6. The molecule has 0 N–H and O–H groups in total. The van der Waals surface area contributed by atoms with Crippen LogP contribution in [-0.4, -0.2) is 23.4 Å². The van der Waals surface area contributed by atoms with Crippen LogP contribution in [0.15, 0.2) is 72.8 Å². The second-order valence-electron chi connectivity index (χ2n) is 8.60. The number of esters is 1. The van der Waals surface area contributed by atoms with Crippen molar-refractivity contribution in [3.05, 3.63) is 95.2 Å². The highest BCUT2D eigenvalue weighted by molar-refractivity contribution is 6.16. The van der Waals surface area contributed by atoms with Gasteiger partial charge in [-0.1, -0.05) is 61.5 Å². The third-order valence-electron chi connectivity index (χ3n) is 6.33. The summed E-state index contributed by atoms with van der Waals surface area (Å²) in [7, 11) is 1.38. The maximum Gasteiger partial charge on any atom is 0.338 e. The molecule has 1 aliphatic carbocycles. The monoisotopic (exact) mass is 423 g/mol. The lowest BCUT2D eigenvalue weighted by molar-refractivity contribution is 0.0603. The summed E-state index contributed by atoms with van der Waals surface area (Å²) in [5, 5.41) is 0.727. The molecule has 0 fully saturated rings. The Morgan fingerprint density at radius 1 is 0.969 bits per heavy atom. The zero-order chi connectivity index (χ0) is 22.2. The quantitative estimate of drug-likeness (QED) is 0.384. The third-order valence-corrected chi connectivity index (χ3v) is 6.33. The van der Waals surface area contributed by atoms with Crippen molar-refractivity contribution in [2.75, 3.05) is 7.11 Å². The Balaban J connectivity index is 1.68. The number of Topliss-reactive ketones (excluding diaryl/α,β-unsaturated/α-hetero) is 1. The summed E-state index contributed by atoms with van der Waals surface area (Å²) in [5.41, 5.74) is 6.56. The highest BCUT2D eigenvalue weighted by Gasteiger charge is 2.31. The summed E-state index contributed by atoms with van der Waals surface area (Å²) in [4.78, 5) is 25.6. The highest BCUT2D eigenvalue weighted by atomic mass is 16.5. The topological polar surface area (TPSA) is 48.3 Å². The molecule has 0 amide bonds. The third kappa shape index (κ3) is 3.42. The van der Waals surface area contributed by atoms with Gasteiger partial charge in [0.2, 0.25) is 0 Å². The van der Waals surface area contributed by atoms with Gasteiger partial charge in [-0.15, -0.1) is 0 Å². The molecule has 4 aromatic rings. The molecule has 0 radical (unpaired) electrons. The molecule has 160 valence electrons. The van der Waals surface area contributed by atoms with Crippen molar-refractivity contribution in [3.8, 4) is 11.1 Å². The smallest absolute Gasteiger partial charge is 0.338 e. The Kier molecular flexibility index (Phi) is 5.14. The number of ketones is 1. The second-order valence-corrected chi connectivity index (χ2v) is 8.60. The fraction of sp³-hybridized carbons (Fsp3) is 0.214. The van der Waals surface area contributed by atoms with Gasteiger partial charge in [0.05, 0.1) is 18.2 Å². The molecule has 1 aliphatic rings. The van der Waals surface area contributed by atoms with Crippen LogP contribution in [-0.2, 0) is 17.7 Å². The van der Waals surface area contributed by atoms with Gasteiger partial charge in [0.1, 0.15) is 0 Å². The first kappa shape index (κ1) is 20.3. The van der Waals surface area contributed by atoms with Crippen LogP contribution in [0.25, 0.3) is 22.0 Å². The number of rotatable bonds is 4. The molecule has 1 unspecified atom stereocenters. The van der Waals surface area contributed by atoms with Gasteiger partial charge in [0.25, 0.3) is 0 Å². The first-order valence-electron chi connectivity index (χ1n) is 11.0. The van der Waals surface area contributed by atoms with Gasteiger partial charge in [-0.25, -0.2) is 4.79 Å². The predicted octanol–water partition coefficient (Wildman–Crippen LogP) is 5.91. The second kappa shape index (κ2) is 8.12. The molecule has 32 heavy (non-hydrogen) atoms. The molecule has 0 saturated carbocycles. The number of aromatic nitrogens is 1. The minimum atomic E-state index is -0.409. The van der Waals surface area contributed by atoms with Crippen molar-refractivity contribution < 1.29 is 14.3 Å². The Morgan fingerprint density at radius 3 is 2.50 bits per heavy atom. The number of hydrogen-bond acceptors (Lipinski definition) is 3. The van der Waals surface area contributed by atoms with E-state index < -0.39 is 5.97 Å². The van der Waals surface area contributed by atoms with Gasteiger partial charge in [-0.05, 0) is 47.2 Å². The van der Waals surface area contributed by atoms with Crippen LogP contribution in [0.5, 0.6) is 0 Å². The summed E-state index contributed by atoms with van der Waals surface area (Å²) in [6.07, 6.45) is 1.32. The molecule has 4 nitrogen and oxygen atoms in total. The van der Waals surface area contributed by atoms with E-state index in [1.807, 2.05) is 30.3 Å². The van der Waals surface area contributed by atoms with Gasteiger partial charge in [0, 0.05) is 29.6 Å². The molecular formula is C28H25NO3. The van der Waals surface area contributed by atoms with E-state index >= 15 is 0 Å². The van der Waals surface area contributed by atoms with Crippen molar-refractivity contribution in [3.63, 3.8) is 0 Å². The van der Waals surface area contributed by atoms with E-state index in [-0.39, 0.29) is 11.7 Å². The van der Waals surface area contributed by atoms with E-state index in [1.54, 1.807) is 6.07 Å². The Bertz CT molecular complexity index is 1330. The molecule has 0 aliphatic heterocycles. The van der Waals surface area contributed by atoms with Crippen LogP contribution >= 0.6 is 0 Å². The van der Waals surface area contributed by atoms with Crippen molar-refractivity contribution in [1.82, 2.24) is 4.57 Å². The van der Waals surface area contributed by atoms with Crippen molar-refractivity contribution >= 4 is 22.7 Å². The highest BCUT2D eigenvalue weighted by Crippen LogP contribution is 2.37. The lowest BCUT2D eigenvalue weighted by Crippen LogP contribution is -2.20. The van der Waals surface area contributed by atoms with Crippen LogP contribution in [0.2, 0.25) is 0 Å². The average molecular weight is 424 g/mol. The van der Waals surface area contributed by atoms with E-state index in [2.05, 4.69) is 47.9 Å². The molecule has 1 aromatic heterocycles. The fourth-order valence-corrected chi connectivity index (χ4v) is 4.91. The number of hydrogen-bond donors (Lipinski definition) is 0. The molecule has 5 rings (SSSR count). The minimum Gasteiger partial charge on any atom is -0.465 e. The number of methoxy groups -OCH3 is 1. The van der Waals surface area contributed by atoms with Crippen LogP contribution in [0, 0.1) is 5.92 Å². The number of benzene rings is 3. The molecule has 1 heterocycles. The normalized spacial score (nSPS) is 15.6. The lowest BCUT2D eigenvalue weighted by atomic mass is 9.86. The van der Waals surface area contributed by atoms with E-state index in [1.165, 1.54) is 12.7 Å². The van der Waals surface area contributed by atoms with Crippen molar-refractivity contribution in [1.29, 1.82) is 0 Å². The van der Waals surface area contributed by atoms with Crippen LogP contribution in [0.1, 0.15) is 45.3 Å². The van der Waals surface area contributed by atoms with Gasteiger partial charge >= 0.3 is 5.97 Å². The Labute approximate surface area is 187 Å². The number of carbonyl (C=O) groups excluding carboxylic acids is 2. The molecule has 0 saturated heterocycles. The molecule has 0 bridgehead atoms. The van der Waals surface area contributed by atoms with E-state index in [4.69, 9.17) is 4.74 Å². The zero-order valence-corrected chi connectivity index (χ0v) is 18.3. The fourth-order valence-electron chi connectivity index (χ4n) is 4.91. The van der Waals surface area contributed by atoms with Gasteiger partial charge < -0.3 is 9.30 Å². The van der Waals surface area contributed by atoms with Gasteiger partial charge in [-0.3, -0.25) is 4.79 Å². The lowest BCUT2D eigenvalue weighted by Gasteiger charge is -2.20.